The summed E-state index contributed by atoms with van der Waals surface area (Å²) in [5.74, 6) is 0. The molecule has 2 aromatic carbocycles. The fourth-order valence-corrected chi connectivity index (χ4v) is 2.32. The minimum Gasteiger partial charge on any atom is -0.305 e. The van der Waals surface area contributed by atoms with Gasteiger partial charge in [-0.15, -0.1) is 0 Å². The number of benzene rings is 2. The molecular formula is C14H11ClN2O. The first-order valence-corrected chi connectivity index (χ1v) is 6.01. The molecule has 0 amide bonds. The Morgan fingerprint density at radius 3 is 2.72 bits per heavy atom. The third kappa shape index (κ3) is 1.64. The van der Waals surface area contributed by atoms with E-state index < -0.39 is 0 Å². The van der Waals surface area contributed by atoms with Gasteiger partial charge in [-0.25, -0.2) is 4.79 Å². The molecule has 4 heteroatoms. The van der Waals surface area contributed by atoms with Gasteiger partial charge in [-0.05, 0) is 36.8 Å². The van der Waals surface area contributed by atoms with Gasteiger partial charge < -0.3 is 4.98 Å². The van der Waals surface area contributed by atoms with Crippen molar-refractivity contribution in [2.75, 3.05) is 0 Å². The number of aromatic nitrogens is 2. The SMILES string of the molecule is Cc1ccc2c(c1)[nH]c(=O)n2-c1ccccc1Cl. The van der Waals surface area contributed by atoms with Crippen LogP contribution in [0.1, 0.15) is 5.56 Å². The van der Waals surface area contributed by atoms with Crippen LogP contribution in [0, 0.1) is 6.92 Å². The molecule has 90 valence electrons. The van der Waals surface area contributed by atoms with E-state index in [1.165, 1.54) is 0 Å². The van der Waals surface area contributed by atoms with E-state index in [0.29, 0.717) is 10.7 Å². The van der Waals surface area contributed by atoms with Crippen LogP contribution in [-0.2, 0) is 0 Å². The van der Waals surface area contributed by atoms with E-state index in [1.54, 1.807) is 10.6 Å². The number of H-pyrrole nitrogens is 1. The van der Waals surface area contributed by atoms with Crippen LogP contribution >= 0.6 is 11.6 Å². The minimum absolute atomic E-state index is 0.177. The maximum absolute atomic E-state index is 12.1. The number of aryl methyl sites for hydroxylation is 1. The van der Waals surface area contributed by atoms with Crippen LogP contribution in [0.25, 0.3) is 16.7 Å². The first-order valence-electron chi connectivity index (χ1n) is 5.63. The summed E-state index contributed by atoms with van der Waals surface area (Å²) in [6.45, 7) is 1.99. The Morgan fingerprint density at radius 1 is 1.17 bits per heavy atom. The highest BCUT2D eigenvalue weighted by Gasteiger charge is 2.10. The molecule has 3 aromatic rings. The number of hydrogen-bond donors (Lipinski definition) is 1. The van der Waals surface area contributed by atoms with Crippen LogP contribution in [0.5, 0.6) is 0 Å². The molecule has 0 radical (unpaired) electrons. The Labute approximate surface area is 109 Å². The van der Waals surface area contributed by atoms with Gasteiger partial charge in [0.1, 0.15) is 0 Å². The van der Waals surface area contributed by atoms with E-state index >= 15 is 0 Å². The van der Waals surface area contributed by atoms with E-state index in [4.69, 9.17) is 11.6 Å². The second-order valence-corrected chi connectivity index (χ2v) is 4.64. The molecule has 18 heavy (non-hydrogen) atoms. The summed E-state index contributed by atoms with van der Waals surface area (Å²) in [7, 11) is 0. The van der Waals surface area contributed by atoms with E-state index in [-0.39, 0.29) is 5.69 Å². The quantitative estimate of drug-likeness (QED) is 0.715. The lowest BCUT2D eigenvalue weighted by Gasteiger charge is -2.05. The predicted molar refractivity (Wildman–Crippen MR) is 73.6 cm³/mol. The second-order valence-electron chi connectivity index (χ2n) is 4.24. The van der Waals surface area contributed by atoms with Crippen molar-refractivity contribution in [2.45, 2.75) is 6.92 Å². The van der Waals surface area contributed by atoms with Crippen molar-refractivity contribution in [3.8, 4) is 5.69 Å². The summed E-state index contributed by atoms with van der Waals surface area (Å²) in [6.07, 6.45) is 0. The van der Waals surface area contributed by atoms with Gasteiger partial charge in [0, 0.05) is 0 Å². The molecule has 0 fully saturated rings. The molecule has 1 N–H and O–H groups in total. The summed E-state index contributed by atoms with van der Waals surface area (Å²) >= 11 is 6.15. The summed E-state index contributed by atoms with van der Waals surface area (Å²) < 4.78 is 1.59. The standard InChI is InChI=1S/C14H11ClN2O/c1-9-6-7-13-11(8-9)16-14(18)17(13)12-5-3-2-4-10(12)15/h2-8H,1H3,(H,16,18). The molecule has 0 bridgehead atoms. The van der Waals surface area contributed by atoms with Crippen LogP contribution < -0.4 is 5.69 Å². The summed E-state index contributed by atoms with van der Waals surface area (Å²) in [5, 5.41) is 0.557. The van der Waals surface area contributed by atoms with E-state index in [1.807, 2.05) is 43.3 Å². The number of hydrogen-bond acceptors (Lipinski definition) is 1. The van der Waals surface area contributed by atoms with Crippen LogP contribution in [0.3, 0.4) is 0 Å². The molecule has 0 aliphatic carbocycles. The van der Waals surface area contributed by atoms with Crippen molar-refractivity contribution in [2.24, 2.45) is 0 Å². The van der Waals surface area contributed by atoms with Gasteiger partial charge in [0.2, 0.25) is 0 Å². The third-order valence-electron chi connectivity index (χ3n) is 2.93. The Morgan fingerprint density at radius 2 is 1.94 bits per heavy atom. The zero-order chi connectivity index (χ0) is 12.7. The van der Waals surface area contributed by atoms with Gasteiger partial charge in [-0.3, -0.25) is 4.57 Å². The Hall–Kier alpha value is -2.00. The Kier molecular flexibility index (Phi) is 2.49. The van der Waals surface area contributed by atoms with E-state index in [0.717, 1.165) is 16.6 Å². The van der Waals surface area contributed by atoms with Gasteiger partial charge in [0.25, 0.3) is 0 Å². The van der Waals surface area contributed by atoms with Crippen molar-refractivity contribution in [1.82, 2.24) is 9.55 Å². The van der Waals surface area contributed by atoms with Crippen molar-refractivity contribution in [1.29, 1.82) is 0 Å². The van der Waals surface area contributed by atoms with Gasteiger partial charge in [-0.1, -0.05) is 29.8 Å². The summed E-state index contributed by atoms with van der Waals surface area (Å²) in [6, 6.07) is 13.2. The van der Waals surface area contributed by atoms with Crippen molar-refractivity contribution in [3.05, 3.63) is 63.5 Å². The van der Waals surface area contributed by atoms with E-state index in [2.05, 4.69) is 4.98 Å². The molecule has 0 spiro atoms. The zero-order valence-electron chi connectivity index (χ0n) is 9.77. The second kappa shape index (κ2) is 4.03. The molecule has 0 aliphatic heterocycles. The highest BCUT2D eigenvalue weighted by molar-refractivity contribution is 6.32. The topological polar surface area (TPSA) is 37.8 Å². The highest BCUT2D eigenvalue weighted by atomic mass is 35.5. The lowest BCUT2D eigenvalue weighted by molar-refractivity contribution is 1.02. The van der Waals surface area contributed by atoms with Crippen molar-refractivity contribution in [3.63, 3.8) is 0 Å². The molecule has 3 nitrogen and oxygen atoms in total. The number of nitrogens with one attached hydrogen (secondary N) is 1. The number of halogens is 1. The third-order valence-corrected chi connectivity index (χ3v) is 3.25. The van der Waals surface area contributed by atoms with Crippen LogP contribution in [-0.4, -0.2) is 9.55 Å². The smallest absolute Gasteiger partial charge is 0.305 e. The van der Waals surface area contributed by atoms with Crippen LogP contribution in [0.2, 0.25) is 5.02 Å². The monoisotopic (exact) mass is 258 g/mol. The van der Waals surface area contributed by atoms with Crippen LogP contribution in [0.15, 0.2) is 47.3 Å². The predicted octanol–water partition coefficient (Wildman–Crippen LogP) is 3.28. The fourth-order valence-electron chi connectivity index (χ4n) is 2.10. The molecule has 1 aromatic heterocycles. The normalized spacial score (nSPS) is 11.0. The molecule has 0 saturated heterocycles. The molecule has 0 atom stereocenters. The number of para-hydroxylation sites is 1. The summed E-state index contributed by atoms with van der Waals surface area (Å²) in [5.41, 5.74) is 3.27. The maximum atomic E-state index is 12.1. The Balaban J connectivity index is 2.40. The first kappa shape index (κ1) is 11.1. The van der Waals surface area contributed by atoms with Gasteiger partial charge in [0.15, 0.2) is 0 Å². The molecule has 0 unspecified atom stereocenters. The maximum Gasteiger partial charge on any atom is 0.331 e. The lowest BCUT2D eigenvalue weighted by atomic mass is 10.2. The number of nitrogens with zero attached hydrogens (tertiary/aromatic N) is 1. The van der Waals surface area contributed by atoms with Crippen molar-refractivity contribution < 1.29 is 0 Å². The van der Waals surface area contributed by atoms with Gasteiger partial charge in [-0.2, -0.15) is 0 Å². The number of imidazole rings is 1. The van der Waals surface area contributed by atoms with Gasteiger partial charge >= 0.3 is 5.69 Å². The molecule has 1 heterocycles. The largest absolute Gasteiger partial charge is 0.331 e. The number of fused-ring (bicyclic) bond motifs is 1. The molecular weight excluding hydrogens is 248 g/mol. The fraction of sp³-hybridized carbons (Fsp3) is 0.0714. The zero-order valence-corrected chi connectivity index (χ0v) is 10.5. The molecule has 0 aliphatic rings. The molecule has 0 saturated carbocycles. The van der Waals surface area contributed by atoms with E-state index in [9.17, 15) is 4.79 Å². The average molecular weight is 259 g/mol. The highest BCUT2D eigenvalue weighted by Crippen LogP contribution is 2.22. The molecule has 3 rings (SSSR count). The number of rotatable bonds is 1. The van der Waals surface area contributed by atoms with Crippen LogP contribution in [0.4, 0.5) is 0 Å². The Bertz CT molecular complexity index is 786. The average Bonchev–Trinajstić information content (AvgIpc) is 2.65. The summed E-state index contributed by atoms with van der Waals surface area (Å²) in [4.78, 5) is 14.9. The minimum atomic E-state index is -0.177. The first-order chi connectivity index (χ1) is 8.66. The van der Waals surface area contributed by atoms with Crippen molar-refractivity contribution >= 4 is 22.6 Å². The lowest BCUT2D eigenvalue weighted by Crippen LogP contribution is -2.14. The van der Waals surface area contributed by atoms with Gasteiger partial charge in [0.05, 0.1) is 21.7 Å². The number of aromatic amines is 1.